The van der Waals surface area contributed by atoms with Crippen molar-refractivity contribution < 1.29 is 0 Å². The molecule has 0 aliphatic rings. The maximum Gasteiger partial charge on any atom is 0.266 e. The summed E-state index contributed by atoms with van der Waals surface area (Å²) in [6.45, 7) is 6.66. The summed E-state index contributed by atoms with van der Waals surface area (Å²) in [5.74, 6) is 1.28. The summed E-state index contributed by atoms with van der Waals surface area (Å²) in [6, 6.07) is 0. The van der Waals surface area contributed by atoms with Crippen molar-refractivity contribution in [3.05, 3.63) is 20.3 Å². The van der Waals surface area contributed by atoms with Crippen molar-refractivity contribution in [1.29, 1.82) is 0 Å². The molecule has 0 saturated heterocycles. The van der Waals surface area contributed by atoms with Gasteiger partial charge < -0.3 is 15.6 Å². The van der Waals surface area contributed by atoms with Crippen LogP contribution in [-0.2, 0) is 0 Å². The van der Waals surface area contributed by atoms with Gasteiger partial charge in [0.05, 0.1) is 6.33 Å². The monoisotopic (exact) mass is 350 g/mol. The number of hydrogen-bond donors (Lipinski definition) is 2. The number of aromatic nitrogens is 2. The topological polar surface area (TPSA) is 75.0 Å². The van der Waals surface area contributed by atoms with Crippen LogP contribution in [0.5, 0.6) is 0 Å². The Morgan fingerprint density at radius 2 is 2.29 bits per heavy atom. The number of nitrogens with zero attached hydrogens (tertiary/aromatic N) is 2. The van der Waals surface area contributed by atoms with E-state index in [1.165, 1.54) is 6.33 Å². The van der Waals surface area contributed by atoms with Crippen molar-refractivity contribution in [3.8, 4) is 0 Å². The fourth-order valence-corrected chi connectivity index (χ4v) is 2.24. The van der Waals surface area contributed by atoms with Gasteiger partial charge in [-0.3, -0.25) is 4.79 Å². The summed E-state index contributed by atoms with van der Waals surface area (Å²) in [6.07, 6.45) is 2.35. The van der Waals surface area contributed by atoms with E-state index in [9.17, 15) is 4.79 Å². The van der Waals surface area contributed by atoms with Gasteiger partial charge in [-0.1, -0.05) is 13.8 Å². The molecule has 0 aliphatic carbocycles. The van der Waals surface area contributed by atoms with E-state index in [2.05, 4.69) is 28.7 Å². The lowest BCUT2D eigenvalue weighted by Gasteiger charge is -2.25. The van der Waals surface area contributed by atoms with Gasteiger partial charge >= 0.3 is 0 Å². The van der Waals surface area contributed by atoms with E-state index in [-0.39, 0.29) is 5.56 Å². The van der Waals surface area contributed by atoms with Crippen LogP contribution in [0.3, 0.4) is 0 Å². The quantitative estimate of drug-likeness (QED) is 0.756. The molecule has 17 heavy (non-hydrogen) atoms. The molecule has 0 saturated carbocycles. The van der Waals surface area contributed by atoms with E-state index < -0.39 is 0 Å². The lowest BCUT2D eigenvalue weighted by molar-refractivity contribution is 0.594. The summed E-state index contributed by atoms with van der Waals surface area (Å²) in [5.41, 5.74) is 5.45. The number of halogens is 1. The predicted molar refractivity (Wildman–Crippen MR) is 78.3 cm³/mol. The number of hydrogen-bond acceptors (Lipinski definition) is 4. The number of nitrogens with one attached hydrogen (secondary N) is 1. The third kappa shape index (κ3) is 4.27. The molecule has 5 nitrogen and oxygen atoms in total. The average molecular weight is 350 g/mol. The minimum Gasteiger partial charge on any atom is -0.355 e. The second-order valence-corrected chi connectivity index (χ2v) is 5.43. The first-order chi connectivity index (χ1) is 8.06. The Labute approximate surface area is 115 Å². The van der Waals surface area contributed by atoms with Gasteiger partial charge in [0.2, 0.25) is 0 Å². The van der Waals surface area contributed by atoms with Gasteiger partial charge in [-0.05, 0) is 41.5 Å². The molecule has 0 radical (unpaired) electrons. The van der Waals surface area contributed by atoms with Gasteiger partial charge in [-0.15, -0.1) is 0 Å². The van der Waals surface area contributed by atoms with E-state index in [0.29, 0.717) is 16.0 Å². The Hall–Kier alpha value is -0.630. The highest BCUT2D eigenvalue weighted by molar-refractivity contribution is 14.1. The van der Waals surface area contributed by atoms with Crippen LogP contribution in [0.4, 0.5) is 5.82 Å². The highest BCUT2D eigenvalue weighted by Gasteiger charge is 2.14. The first-order valence-corrected chi connectivity index (χ1v) is 6.82. The molecular formula is C11H19IN4O. The van der Waals surface area contributed by atoms with Crippen molar-refractivity contribution >= 4 is 28.4 Å². The van der Waals surface area contributed by atoms with Crippen LogP contribution in [0, 0.1) is 9.49 Å². The molecule has 0 aliphatic heterocycles. The predicted octanol–water partition coefficient (Wildman–Crippen LogP) is 1.19. The van der Waals surface area contributed by atoms with Crippen LogP contribution < -0.4 is 16.2 Å². The molecule has 1 heterocycles. The normalized spacial score (nSPS) is 10.9. The van der Waals surface area contributed by atoms with Crippen LogP contribution in [-0.4, -0.2) is 29.6 Å². The highest BCUT2D eigenvalue weighted by atomic mass is 127. The van der Waals surface area contributed by atoms with Gasteiger partial charge in [-0.2, -0.15) is 0 Å². The minimum absolute atomic E-state index is 0.0860. The minimum atomic E-state index is -0.0860. The fraction of sp³-hybridized carbons (Fsp3) is 0.636. The number of anilines is 1. The smallest absolute Gasteiger partial charge is 0.266 e. The second kappa shape index (κ2) is 6.95. The summed E-state index contributed by atoms with van der Waals surface area (Å²) in [4.78, 5) is 20.5. The van der Waals surface area contributed by atoms with E-state index in [1.54, 1.807) is 0 Å². The average Bonchev–Trinajstić information content (AvgIpc) is 2.28. The molecule has 0 amide bonds. The number of rotatable bonds is 6. The molecule has 1 aromatic heterocycles. The second-order valence-electron chi connectivity index (χ2n) is 4.35. The summed E-state index contributed by atoms with van der Waals surface area (Å²) in [5, 5.41) is 0. The van der Waals surface area contributed by atoms with Gasteiger partial charge in [0, 0.05) is 13.1 Å². The zero-order chi connectivity index (χ0) is 12.8. The molecule has 0 spiro atoms. The molecule has 0 fully saturated rings. The van der Waals surface area contributed by atoms with E-state index >= 15 is 0 Å². The zero-order valence-electron chi connectivity index (χ0n) is 10.2. The molecule has 0 bridgehead atoms. The van der Waals surface area contributed by atoms with Crippen LogP contribution in [0.25, 0.3) is 0 Å². The molecular weight excluding hydrogens is 331 g/mol. The van der Waals surface area contributed by atoms with Crippen molar-refractivity contribution in [2.45, 2.75) is 20.3 Å². The Bertz CT molecular complexity index is 405. The largest absolute Gasteiger partial charge is 0.355 e. The van der Waals surface area contributed by atoms with Gasteiger partial charge in [-0.25, -0.2) is 4.98 Å². The van der Waals surface area contributed by atoms with E-state index in [0.717, 1.165) is 25.3 Å². The van der Waals surface area contributed by atoms with Gasteiger partial charge in [0.15, 0.2) is 0 Å². The molecule has 1 rings (SSSR count). The van der Waals surface area contributed by atoms with Crippen LogP contribution >= 0.6 is 22.6 Å². The summed E-state index contributed by atoms with van der Waals surface area (Å²) in [7, 11) is 0. The lowest BCUT2D eigenvalue weighted by Crippen LogP contribution is -2.33. The van der Waals surface area contributed by atoms with Crippen LogP contribution in [0.15, 0.2) is 11.1 Å². The molecule has 0 aromatic carbocycles. The number of aromatic amines is 1. The van der Waals surface area contributed by atoms with E-state index in [1.807, 2.05) is 22.6 Å². The van der Waals surface area contributed by atoms with Gasteiger partial charge in [0.1, 0.15) is 9.39 Å². The molecule has 3 N–H and O–H groups in total. The van der Waals surface area contributed by atoms with Crippen molar-refractivity contribution in [3.63, 3.8) is 0 Å². The number of H-pyrrole nitrogens is 1. The fourth-order valence-electron chi connectivity index (χ4n) is 1.60. The highest BCUT2D eigenvalue weighted by Crippen LogP contribution is 2.17. The van der Waals surface area contributed by atoms with Crippen molar-refractivity contribution in [1.82, 2.24) is 9.97 Å². The molecule has 6 heteroatoms. The Morgan fingerprint density at radius 1 is 1.59 bits per heavy atom. The first-order valence-electron chi connectivity index (χ1n) is 5.74. The maximum absolute atomic E-state index is 11.5. The molecule has 1 aromatic rings. The van der Waals surface area contributed by atoms with Crippen LogP contribution in [0.1, 0.15) is 20.3 Å². The summed E-state index contributed by atoms with van der Waals surface area (Å²) >= 11 is 2.04. The SMILES string of the molecule is CC(C)CN(CCCN)c1nc[nH]c(=O)c1I. The van der Waals surface area contributed by atoms with Crippen LogP contribution in [0.2, 0.25) is 0 Å². The summed E-state index contributed by atoms with van der Waals surface area (Å²) < 4.78 is 0.641. The Balaban J connectivity index is 2.95. The third-order valence-electron chi connectivity index (χ3n) is 2.30. The molecule has 0 unspecified atom stereocenters. The van der Waals surface area contributed by atoms with Gasteiger partial charge in [0.25, 0.3) is 5.56 Å². The third-order valence-corrected chi connectivity index (χ3v) is 3.27. The lowest BCUT2D eigenvalue weighted by atomic mass is 10.2. The number of nitrogens with two attached hydrogens (primary N) is 1. The molecule has 96 valence electrons. The standard InChI is InChI=1S/C11H19IN4O/c1-8(2)6-16(5-3-4-13)10-9(12)11(17)15-7-14-10/h7-8H,3-6,13H2,1-2H3,(H,14,15,17). The first kappa shape index (κ1) is 14.4. The van der Waals surface area contributed by atoms with E-state index in [4.69, 9.17) is 5.73 Å². The maximum atomic E-state index is 11.5. The molecule has 0 atom stereocenters. The van der Waals surface area contributed by atoms with Crippen molar-refractivity contribution in [2.75, 3.05) is 24.5 Å². The Morgan fingerprint density at radius 3 is 2.88 bits per heavy atom. The zero-order valence-corrected chi connectivity index (χ0v) is 12.4. The van der Waals surface area contributed by atoms with Crippen molar-refractivity contribution in [2.24, 2.45) is 11.7 Å². The Kier molecular flexibility index (Phi) is 5.90.